The predicted molar refractivity (Wildman–Crippen MR) is 109 cm³/mol. The van der Waals surface area contributed by atoms with E-state index < -0.39 is 0 Å². The van der Waals surface area contributed by atoms with E-state index >= 15 is 0 Å². The lowest BCUT2D eigenvalue weighted by Crippen LogP contribution is -2.48. The zero-order valence-electron chi connectivity index (χ0n) is 15.8. The van der Waals surface area contributed by atoms with Gasteiger partial charge in [0.1, 0.15) is 0 Å². The first-order valence-corrected chi connectivity index (χ1v) is 9.76. The lowest BCUT2D eigenvalue weighted by Gasteiger charge is -2.34. The highest BCUT2D eigenvalue weighted by atomic mass is 35.5. The third kappa shape index (κ3) is 4.26. The van der Waals surface area contributed by atoms with Gasteiger partial charge in [-0.1, -0.05) is 58.7 Å². The molecule has 1 aliphatic rings. The standard InChI is InChI=1S/C22H22ClN3O2/c1-16-5-7-18(8-6-16)21-14-20(24-28-21)22(27)26-11-9-25(10-12-26)15-17-3-2-4-19(23)13-17/h2-8,13-14H,9-12,15H2,1H3. The Balaban J connectivity index is 1.36. The smallest absolute Gasteiger partial charge is 0.276 e. The largest absolute Gasteiger partial charge is 0.355 e. The molecule has 0 N–H and O–H groups in total. The molecule has 1 amide bonds. The number of carbonyl (C=O) groups is 1. The summed E-state index contributed by atoms with van der Waals surface area (Å²) in [6.45, 7) is 5.86. The van der Waals surface area contributed by atoms with Crippen molar-refractivity contribution in [3.63, 3.8) is 0 Å². The Morgan fingerprint density at radius 2 is 1.82 bits per heavy atom. The minimum absolute atomic E-state index is 0.0792. The molecule has 0 bridgehead atoms. The number of rotatable bonds is 4. The van der Waals surface area contributed by atoms with E-state index in [0.29, 0.717) is 24.5 Å². The number of amides is 1. The van der Waals surface area contributed by atoms with Gasteiger partial charge < -0.3 is 9.42 Å². The highest BCUT2D eigenvalue weighted by Crippen LogP contribution is 2.22. The molecule has 1 aliphatic heterocycles. The van der Waals surface area contributed by atoms with Crippen LogP contribution in [0, 0.1) is 6.92 Å². The van der Waals surface area contributed by atoms with Crippen molar-refractivity contribution in [2.24, 2.45) is 0 Å². The molecule has 3 aromatic rings. The normalized spacial score (nSPS) is 15.0. The van der Waals surface area contributed by atoms with Crippen molar-refractivity contribution < 1.29 is 9.32 Å². The van der Waals surface area contributed by atoms with E-state index in [1.54, 1.807) is 6.07 Å². The van der Waals surface area contributed by atoms with Crippen molar-refractivity contribution in [2.45, 2.75) is 13.5 Å². The fourth-order valence-corrected chi connectivity index (χ4v) is 3.61. The summed E-state index contributed by atoms with van der Waals surface area (Å²) in [5.41, 5.74) is 3.64. The number of nitrogens with zero attached hydrogens (tertiary/aromatic N) is 3. The second-order valence-electron chi connectivity index (χ2n) is 7.14. The second-order valence-corrected chi connectivity index (χ2v) is 7.58. The van der Waals surface area contributed by atoms with E-state index in [9.17, 15) is 4.79 Å². The Morgan fingerprint density at radius 3 is 2.54 bits per heavy atom. The van der Waals surface area contributed by atoms with E-state index in [1.807, 2.05) is 54.3 Å². The van der Waals surface area contributed by atoms with Gasteiger partial charge in [-0.15, -0.1) is 0 Å². The number of hydrogen-bond acceptors (Lipinski definition) is 4. The van der Waals surface area contributed by atoms with E-state index in [-0.39, 0.29) is 5.91 Å². The van der Waals surface area contributed by atoms with Gasteiger partial charge in [-0.3, -0.25) is 9.69 Å². The summed E-state index contributed by atoms with van der Waals surface area (Å²) in [4.78, 5) is 16.9. The quantitative estimate of drug-likeness (QED) is 0.662. The fourth-order valence-electron chi connectivity index (χ4n) is 3.39. The molecule has 0 saturated carbocycles. The van der Waals surface area contributed by atoms with Crippen LogP contribution in [0.4, 0.5) is 0 Å². The van der Waals surface area contributed by atoms with Crippen LogP contribution in [0.2, 0.25) is 5.02 Å². The number of benzene rings is 2. The maximum atomic E-state index is 12.8. The van der Waals surface area contributed by atoms with Crippen LogP contribution in [-0.2, 0) is 6.54 Å². The predicted octanol–water partition coefficient (Wildman–Crippen LogP) is 4.26. The minimum Gasteiger partial charge on any atom is -0.355 e. The zero-order valence-corrected chi connectivity index (χ0v) is 16.5. The molecule has 1 fully saturated rings. The summed E-state index contributed by atoms with van der Waals surface area (Å²) in [6.07, 6.45) is 0. The number of hydrogen-bond donors (Lipinski definition) is 0. The molecule has 4 rings (SSSR count). The lowest BCUT2D eigenvalue weighted by molar-refractivity contribution is 0.0618. The highest BCUT2D eigenvalue weighted by molar-refractivity contribution is 6.30. The van der Waals surface area contributed by atoms with Crippen LogP contribution in [0.1, 0.15) is 21.6 Å². The Labute approximate surface area is 169 Å². The Hall–Kier alpha value is -2.63. The molecule has 0 aliphatic carbocycles. The monoisotopic (exact) mass is 395 g/mol. The van der Waals surface area contributed by atoms with Crippen molar-refractivity contribution in [3.05, 3.63) is 76.4 Å². The van der Waals surface area contributed by atoms with Crippen LogP contribution >= 0.6 is 11.6 Å². The van der Waals surface area contributed by atoms with Crippen LogP contribution in [0.15, 0.2) is 59.1 Å². The Morgan fingerprint density at radius 1 is 1.07 bits per heavy atom. The van der Waals surface area contributed by atoms with Crippen molar-refractivity contribution in [3.8, 4) is 11.3 Å². The molecule has 5 nitrogen and oxygen atoms in total. The van der Waals surface area contributed by atoms with Crippen LogP contribution in [0.25, 0.3) is 11.3 Å². The summed E-state index contributed by atoms with van der Waals surface area (Å²) < 4.78 is 5.39. The maximum absolute atomic E-state index is 12.8. The molecule has 2 heterocycles. The van der Waals surface area contributed by atoms with Gasteiger partial charge in [-0.2, -0.15) is 0 Å². The molecule has 0 atom stereocenters. The van der Waals surface area contributed by atoms with Crippen LogP contribution in [0.3, 0.4) is 0 Å². The highest BCUT2D eigenvalue weighted by Gasteiger charge is 2.24. The molecule has 144 valence electrons. The molecule has 0 unspecified atom stereocenters. The van der Waals surface area contributed by atoms with Crippen LogP contribution in [0.5, 0.6) is 0 Å². The molecule has 1 saturated heterocycles. The first-order chi connectivity index (χ1) is 13.6. The van der Waals surface area contributed by atoms with Gasteiger partial charge in [-0.05, 0) is 24.6 Å². The van der Waals surface area contributed by atoms with Gasteiger partial charge in [0.15, 0.2) is 11.5 Å². The summed E-state index contributed by atoms with van der Waals surface area (Å²) in [6, 6.07) is 17.6. The van der Waals surface area contributed by atoms with Gasteiger partial charge in [-0.25, -0.2) is 0 Å². The molecule has 2 aromatic carbocycles. The molecule has 28 heavy (non-hydrogen) atoms. The molecular formula is C22H22ClN3O2. The Bertz CT molecular complexity index is 960. The SMILES string of the molecule is Cc1ccc(-c2cc(C(=O)N3CCN(Cc4cccc(Cl)c4)CC3)no2)cc1. The minimum atomic E-state index is -0.0792. The molecule has 6 heteroatoms. The summed E-state index contributed by atoms with van der Waals surface area (Å²) in [5.74, 6) is 0.535. The first-order valence-electron chi connectivity index (χ1n) is 9.38. The summed E-state index contributed by atoms with van der Waals surface area (Å²) >= 11 is 6.06. The van der Waals surface area contributed by atoms with Gasteiger partial charge in [0, 0.05) is 49.4 Å². The second kappa shape index (κ2) is 8.17. The average molecular weight is 396 g/mol. The third-order valence-corrected chi connectivity index (χ3v) is 5.26. The summed E-state index contributed by atoms with van der Waals surface area (Å²) in [5, 5.41) is 4.74. The Kier molecular flexibility index (Phi) is 5.46. The molecular weight excluding hydrogens is 374 g/mol. The van der Waals surface area contributed by atoms with Crippen molar-refractivity contribution >= 4 is 17.5 Å². The van der Waals surface area contributed by atoms with E-state index in [4.69, 9.17) is 16.1 Å². The van der Waals surface area contributed by atoms with Gasteiger partial charge in [0.2, 0.25) is 0 Å². The number of piperazine rings is 1. The molecule has 0 radical (unpaired) electrons. The number of aromatic nitrogens is 1. The molecule has 0 spiro atoms. The van der Waals surface area contributed by atoms with Crippen LogP contribution in [-0.4, -0.2) is 47.0 Å². The zero-order chi connectivity index (χ0) is 19.5. The van der Waals surface area contributed by atoms with Gasteiger partial charge in [0.25, 0.3) is 5.91 Å². The summed E-state index contributed by atoms with van der Waals surface area (Å²) in [7, 11) is 0. The maximum Gasteiger partial charge on any atom is 0.276 e. The lowest BCUT2D eigenvalue weighted by atomic mass is 10.1. The topological polar surface area (TPSA) is 49.6 Å². The molecule has 1 aromatic heterocycles. The number of carbonyl (C=O) groups excluding carboxylic acids is 1. The van der Waals surface area contributed by atoms with Gasteiger partial charge >= 0.3 is 0 Å². The van der Waals surface area contributed by atoms with Gasteiger partial charge in [0.05, 0.1) is 0 Å². The third-order valence-electron chi connectivity index (χ3n) is 5.02. The number of halogens is 1. The van der Waals surface area contributed by atoms with Crippen molar-refractivity contribution in [1.82, 2.24) is 15.0 Å². The fraction of sp³-hybridized carbons (Fsp3) is 0.273. The van der Waals surface area contributed by atoms with Crippen LogP contribution < -0.4 is 0 Å². The first kappa shape index (κ1) is 18.7. The number of aryl methyl sites for hydroxylation is 1. The average Bonchev–Trinajstić information content (AvgIpc) is 3.19. The van der Waals surface area contributed by atoms with Crippen molar-refractivity contribution in [2.75, 3.05) is 26.2 Å². The van der Waals surface area contributed by atoms with E-state index in [0.717, 1.165) is 30.2 Å². The van der Waals surface area contributed by atoms with E-state index in [2.05, 4.69) is 16.1 Å². The van der Waals surface area contributed by atoms with E-state index in [1.165, 1.54) is 11.1 Å². The van der Waals surface area contributed by atoms with Crippen molar-refractivity contribution in [1.29, 1.82) is 0 Å².